The summed E-state index contributed by atoms with van der Waals surface area (Å²) in [5.41, 5.74) is 3.04. The number of hydrogen-bond acceptors (Lipinski definition) is 7. The fourth-order valence-electron chi connectivity index (χ4n) is 3.15. The molecule has 3 heterocycles. The highest BCUT2D eigenvalue weighted by atomic mass is 35.5. The van der Waals surface area contributed by atoms with Crippen LogP contribution < -0.4 is 16.2 Å². The highest BCUT2D eigenvalue weighted by molar-refractivity contribution is 8.00. The first-order valence-electron chi connectivity index (χ1n) is 9.79. The number of nitrogens with one attached hydrogen (secondary N) is 2. The Kier molecular flexibility index (Phi) is 5.79. The summed E-state index contributed by atoms with van der Waals surface area (Å²) in [6.07, 6.45) is 0. The molecule has 5 rings (SSSR count). The van der Waals surface area contributed by atoms with Gasteiger partial charge in [0, 0.05) is 34.3 Å². The molecule has 11 heteroatoms. The molecule has 0 radical (unpaired) electrons. The highest BCUT2D eigenvalue weighted by Gasteiger charge is 2.11. The van der Waals surface area contributed by atoms with Crippen molar-refractivity contribution < 1.29 is 9.32 Å². The van der Waals surface area contributed by atoms with E-state index < -0.39 is 0 Å². The van der Waals surface area contributed by atoms with Crippen LogP contribution in [0.25, 0.3) is 15.9 Å². The van der Waals surface area contributed by atoms with Gasteiger partial charge in [-0.3, -0.25) is 4.79 Å². The van der Waals surface area contributed by atoms with Gasteiger partial charge < -0.3 is 15.2 Å². The summed E-state index contributed by atoms with van der Waals surface area (Å²) < 4.78 is 8.28. The average molecular weight is 498 g/mol. The van der Waals surface area contributed by atoms with Crippen molar-refractivity contribution >= 4 is 68.0 Å². The Balaban J connectivity index is 1.26. The maximum Gasteiger partial charge on any atom is 0.323 e. The van der Waals surface area contributed by atoms with Crippen LogP contribution in [0.3, 0.4) is 0 Å². The predicted molar refractivity (Wildman–Crippen MR) is 132 cm³/mol. The van der Waals surface area contributed by atoms with E-state index in [1.807, 2.05) is 12.1 Å². The number of nitrogens with zero attached hydrogens (tertiary/aromatic N) is 3. The Morgan fingerprint density at radius 2 is 1.85 bits per heavy atom. The molecular formula is C22H16ClN5O3S2. The zero-order valence-corrected chi connectivity index (χ0v) is 19.6. The predicted octanol–water partition coefficient (Wildman–Crippen LogP) is 5.80. The van der Waals surface area contributed by atoms with Crippen molar-refractivity contribution in [3.8, 4) is 0 Å². The number of aryl methyl sites for hydroxylation is 1. The molecule has 0 unspecified atom stereocenters. The standard InChI is InChI=1S/C22H16ClN5O3S2/c1-12-8-19-24-16(10-20(29)28(19)31-12)11-32-22-27-17-7-6-15(9-18(17)33-22)26-21(30)25-14-4-2-13(23)3-5-14/h2-10H,11H2,1H3,(H2,25,26,30). The summed E-state index contributed by atoms with van der Waals surface area (Å²) in [5, 5.41) is 6.19. The lowest BCUT2D eigenvalue weighted by Gasteiger charge is -2.07. The van der Waals surface area contributed by atoms with E-state index in [0.717, 1.165) is 14.6 Å². The number of rotatable bonds is 5. The number of thioether (sulfide) groups is 1. The second-order valence-corrected chi connectivity index (χ2v) is 9.81. The van der Waals surface area contributed by atoms with Crippen LogP contribution in [-0.4, -0.2) is 20.6 Å². The molecule has 0 spiro atoms. The van der Waals surface area contributed by atoms with Crippen molar-refractivity contribution in [3.63, 3.8) is 0 Å². The second-order valence-electron chi connectivity index (χ2n) is 7.12. The number of urea groups is 1. The molecule has 0 saturated carbocycles. The number of anilines is 2. The van der Waals surface area contributed by atoms with Crippen LogP contribution in [0.4, 0.5) is 16.2 Å². The van der Waals surface area contributed by atoms with E-state index in [-0.39, 0.29) is 11.6 Å². The van der Waals surface area contributed by atoms with Gasteiger partial charge in [-0.15, -0.1) is 15.9 Å². The molecule has 0 aliphatic rings. The van der Waals surface area contributed by atoms with Crippen LogP contribution in [0.2, 0.25) is 5.02 Å². The molecule has 33 heavy (non-hydrogen) atoms. The summed E-state index contributed by atoms with van der Waals surface area (Å²) in [6.45, 7) is 1.77. The van der Waals surface area contributed by atoms with Crippen LogP contribution in [0.1, 0.15) is 11.5 Å². The largest absolute Gasteiger partial charge is 0.375 e. The van der Waals surface area contributed by atoms with Crippen molar-refractivity contribution in [1.82, 2.24) is 14.5 Å². The molecule has 0 fully saturated rings. The van der Waals surface area contributed by atoms with Gasteiger partial charge in [-0.05, 0) is 49.4 Å². The molecule has 0 atom stereocenters. The summed E-state index contributed by atoms with van der Waals surface area (Å²) in [4.78, 5) is 33.6. The molecule has 0 bridgehead atoms. The summed E-state index contributed by atoms with van der Waals surface area (Å²) in [5.74, 6) is 1.13. The quantitative estimate of drug-likeness (QED) is 0.298. The first kappa shape index (κ1) is 21.5. The van der Waals surface area contributed by atoms with Crippen LogP contribution >= 0.6 is 34.7 Å². The van der Waals surface area contributed by atoms with Gasteiger partial charge >= 0.3 is 6.03 Å². The van der Waals surface area contributed by atoms with Crippen molar-refractivity contribution in [2.75, 3.05) is 10.6 Å². The van der Waals surface area contributed by atoms with Gasteiger partial charge in [0.15, 0.2) is 9.99 Å². The normalized spacial score (nSPS) is 11.2. The average Bonchev–Trinajstić information content (AvgIpc) is 3.36. The zero-order valence-electron chi connectivity index (χ0n) is 17.2. The molecule has 8 nitrogen and oxygen atoms in total. The van der Waals surface area contributed by atoms with E-state index in [1.165, 1.54) is 33.7 Å². The van der Waals surface area contributed by atoms with Gasteiger partial charge in [-0.25, -0.2) is 14.8 Å². The molecule has 5 aromatic rings. The number of fused-ring (bicyclic) bond motifs is 2. The second kappa shape index (κ2) is 8.89. The van der Waals surface area contributed by atoms with Crippen molar-refractivity contribution in [2.45, 2.75) is 17.0 Å². The van der Waals surface area contributed by atoms with Crippen molar-refractivity contribution in [2.24, 2.45) is 0 Å². The minimum absolute atomic E-state index is 0.249. The molecule has 2 aromatic carbocycles. The van der Waals surface area contributed by atoms with E-state index in [1.54, 1.807) is 43.3 Å². The number of thiazole rings is 1. The molecule has 0 saturated heterocycles. The van der Waals surface area contributed by atoms with Crippen LogP contribution in [0.5, 0.6) is 0 Å². The number of amides is 2. The Morgan fingerprint density at radius 1 is 1.09 bits per heavy atom. The highest BCUT2D eigenvalue weighted by Crippen LogP contribution is 2.32. The molecule has 3 aromatic heterocycles. The van der Waals surface area contributed by atoms with Gasteiger partial charge in [0.25, 0.3) is 5.56 Å². The Hall–Kier alpha value is -3.34. The summed E-state index contributed by atoms with van der Waals surface area (Å²) in [7, 11) is 0. The zero-order chi connectivity index (χ0) is 22.9. The molecule has 0 aliphatic heterocycles. The van der Waals surface area contributed by atoms with Gasteiger partial charge in [0.1, 0.15) is 5.76 Å². The Labute approximate surface area is 200 Å². The summed E-state index contributed by atoms with van der Waals surface area (Å²) >= 11 is 8.88. The number of aromatic nitrogens is 3. The van der Waals surface area contributed by atoms with Gasteiger partial charge in [0.2, 0.25) is 0 Å². The van der Waals surface area contributed by atoms with Crippen molar-refractivity contribution in [1.29, 1.82) is 0 Å². The smallest absolute Gasteiger partial charge is 0.323 e. The third-order valence-corrected chi connectivity index (χ3v) is 7.04. The Bertz CT molecular complexity index is 1540. The monoisotopic (exact) mass is 497 g/mol. The van der Waals surface area contributed by atoms with E-state index >= 15 is 0 Å². The third kappa shape index (κ3) is 4.87. The summed E-state index contributed by atoms with van der Waals surface area (Å²) in [6, 6.07) is 15.3. The number of carbonyl (C=O) groups excluding carboxylic acids is 1. The van der Waals surface area contributed by atoms with Gasteiger partial charge in [-0.2, -0.15) is 0 Å². The van der Waals surface area contributed by atoms with Crippen LogP contribution in [-0.2, 0) is 5.75 Å². The minimum atomic E-state index is -0.349. The fourth-order valence-corrected chi connectivity index (χ4v) is 5.28. The van der Waals surface area contributed by atoms with Gasteiger partial charge in [0.05, 0.1) is 15.9 Å². The van der Waals surface area contributed by atoms with E-state index in [0.29, 0.717) is 39.3 Å². The van der Waals surface area contributed by atoms with E-state index in [2.05, 4.69) is 20.6 Å². The molecule has 0 aliphatic carbocycles. The van der Waals surface area contributed by atoms with Gasteiger partial charge in [-0.1, -0.05) is 23.4 Å². The SMILES string of the molecule is Cc1cc2nc(CSc3nc4ccc(NC(=O)Nc5ccc(Cl)cc5)cc4s3)cc(=O)n2o1. The van der Waals surface area contributed by atoms with Crippen LogP contribution in [0, 0.1) is 6.92 Å². The molecule has 2 amide bonds. The lowest BCUT2D eigenvalue weighted by Crippen LogP contribution is -2.19. The maximum atomic E-state index is 12.3. The first-order valence-corrected chi connectivity index (χ1v) is 12.0. The molecule has 2 N–H and O–H groups in total. The maximum absolute atomic E-state index is 12.3. The number of halogens is 1. The molecule has 166 valence electrons. The number of benzene rings is 2. The minimum Gasteiger partial charge on any atom is -0.375 e. The molecular weight excluding hydrogens is 482 g/mol. The first-order chi connectivity index (χ1) is 15.9. The van der Waals surface area contributed by atoms with Crippen LogP contribution in [0.15, 0.2) is 68.3 Å². The lowest BCUT2D eigenvalue weighted by molar-refractivity contribution is 0.262. The van der Waals surface area contributed by atoms with E-state index in [4.69, 9.17) is 16.1 Å². The van der Waals surface area contributed by atoms with Crippen molar-refractivity contribution in [3.05, 3.63) is 81.4 Å². The number of carbonyl (C=O) groups is 1. The fraction of sp³-hybridized carbons (Fsp3) is 0.0909. The number of hydrogen-bond donors (Lipinski definition) is 2. The third-order valence-electron chi connectivity index (χ3n) is 4.60. The topological polar surface area (TPSA) is 102 Å². The van der Waals surface area contributed by atoms with E-state index in [9.17, 15) is 9.59 Å². The lowest BCUT2D eigenvalue weighted by atomic mass is 10.3. The Morgan fingerprint density at radius 3 is 2.67 bits per heavy atom.